The van der Waals surface area contributed by atoms with Crippen molar-refractivity contribution in [3.8, 4) is 0 Å². The molecule has 3 nitrogen and oxygen atoms in total. The molecule has 1 heterocycles. The molecule has 0 unspecified atom stereocenters. The van der Waals surface area contributed by atoms with Gasteiger partial charge in [-0.1, -0.05) is 36.4 Å². The third-order valence-electron chi connectivity index (χ3n) is 4.01. The number of benzene rings is 2. The molecule has 0 aromatic heterocycles. The van der Waals surface area contributed by atoms with Crippen LogP contribution in [0.1, 0.15) is 33.5 Å². The van der Waals surface area contributed by atoms with E-state index in [1.165, 1.54) is 11.1 Å². The number of aromatic carboxylic acids is 1. The molecule has 0 spiro atoms. The van der Waals surface area contributed by atoms with Crippen molar-refractivity contribution in [2.75, 3.05) is 6.54 Å². The van der Waals surface area contributed by atoms with Crippen molar-refractivity contribution in [1.82, 2.24) is 4.90 Å². The highest BCUT2D eigenvalue weighted by Crippen LogP contribution is 2.20. The van der Waals surface area contributed by atoms with Crippen LogP contribution in [0.3, 0.4) is 0 Å². The van der Waals surface area contributed by atoms with E-state index in [0.717, 1.165) is 38.0 Å². The number of carboxylic acids is 1. The Morgan fingerprint density at radius 2 is 1.90 bits per heavy atom. The van der Waals surface area contributed by atoms with Crippen molar-refractivity contribution >= 4 is 5.97 Å². The van der Waals surface area contributed by atoms with Crippen molar-refractivity contribution < 1.29 is 9.90 Å². The monoisotopic (exact) mass is 281 g/mol. The van der Waals surface area contributed by atoms with Crippen LogP contribution in [0, 0.1) is 0 Å². The van der Waals surface area contributed by atoms with Crippen molar-refractivity contribution in [2.24, 2.45) is 0 Å². The van der Waals surface area contributed by atoms with E-state index in [2.05, 4.69) is 29.2 Å². The first-order chi connectivity index (χ1) is 10.2. The molecule has 0 fully saturated rings. The predicted molar refractivity (Wildman–Crippen MR) is 82.3 cm³/mol. The maximum Gasteiger partial charge on any atom is 0.335 e. The fourth-order valence-corrected chi connectivity index (χ4v) is 2.96. The van der Waals surface area contributed by atoms with Gasteiger partial charge in [0, 0.05) is 13.1 Å². The zero-order chi connectivity index (χ0) is 14.7. The molecular weight excluding hydrogens is 262 g/mol. The molecule has 2 aromatic rings. The van der Waals surface area contributed by atoms with E-state index in [9.17, 15) is 4.79 Å². The van der Waals surface area contributed by atoms with Crippen molar-refractivity contribution in [2.45, 2.75) is 25.9 Å². The maximum absolute atomic E-state index is 11.1. The van der Waals surface area contributed by atoms with Crippen LogP contribution >= 0.6 is 0 Å². The third kappa shape index (κ3) is 3.31. The normalized spacial score (nSPS) is 15.2. The quantitative estimate of drug-likeness (QED) is 0.938. The lowest BCUT2D eigenvalue weighted by atomic mass is 10.0. The Morgan fingerprint density at radius 1 is 1.10 bits per heavy atom. The summed E-state index contributed by atoms with van der Waals surface area (Å²) in [7, 11) is 0. The Hall–Kier alpha value is -2.13. The predicted octanol–water partition coefficient (Wildman–Crippen LogP) is 3.33. The fourth-order valence-electron chi connectivity index (χ4n) is 2.96. The first kappa shape index (κ1) is 13.8. The topological polar surface area (TPSA) is 40.5 Å². The molecule has 0 amide bonds. The summed E-state index contributed by atoms with van der Waals surface area (Å²) in [6.07, 6.45) is 2.28. The number of rotatable bonds is 3. The van der Waals surface area contributed by atoms with Gasteiger partial charge in [-0.25, -0.2) is 4.79 Å². The lowest BCUT2D eigenvalue weighted by Crippen LogP contribution is -2.22. The van der Waals surface area contributed by atoms with E-state index in [-0.39, 0.29) is 0 Å². The lowest BCUT2D eigenvalue weighted by molar-refractivity contribution is 0.0696. The molecule has 21 heavy (non-hydrogen) atoms. The number of aryl methyl sites for hydroxylation is 1. The molecule has 0 saturated heterocycles. The van der Waals surface area contributed by atoms with Crippen LogP contribution < -0.4 is 0 Å². The van der Waals surface area contributed by atoms with Gasteiger partial charge in [0.15, 0.2) is 0 Å². The molecule has 0 saturated carbocycles. The van der Waals surface area contributed by atoms with Crippen LogP contribution in [0.25, 0.3) is 0 Å². The van der Waals surface area contributed by atoms with Gasteiger partial charge in [-0.05, 0) is 48.2 Å². The highest BCUT2D eigenvalue weighted by atomic mass is 16.4. The van der Waals surface area contributed by atoms with Crippen LogP contribution in [0.15, 0.2) is 48.5 Å². The summed E-state index contributed by atoms with van der Waals surface area (Å²) in [5, 5.41) is 9.08. The molecule has 0 radical (unpaired) electrons. The van der Waals surface area contributed by atoms with Gasteiger partial charge in [0.1, 0.15) is 0 Å². The Morgan fingerprint density at radius 3 is 2.71 bits per heavy atom. The number of carbonyl (C=O) groups is 1. The van der Waals surface area contributed by atoms with Crippen LogP contribution in [-0.2, 0) is 19.5 Å². The van der Waals surface area contributed by atoms with Crippen LogP contribution in [0.5, 0.6) is 0 Å². The van der Waals surface area contributed by atoms with E-state index in [4.69, 9.17) is 5.11 Å². The second-order valence-electron chi connectivity index (χ2n) is 5.59. The zero-order valence-corrected chi connectivity index (χ0v) is 12.0. The SMILES string of the molecule is O=C(O)c1cccc(CN2CCCc3ccccc3C2)c1. The largest absolute Gasteiger partial charge is 0.478 e. The number of carboxylic acid groups (broad SMARTS) is 1. The van der Waals surface area contributed by atoms with E-state index in [0.29, 0.717) is 5.56 Å². The second kappa shape index (κ2) is 6.10. The van der Waals surface area contributed by atoms with Gasteiger partial charge in [-0.3, -0.25) is 4.90 Å². The van der Waals surface area contributed by atoms with Gasteiger partial charge < -0.3 is 5.11 Å². The third-order valence-corrected chi connectivity index (χ3v) is 4.01. The van der Waals surface area contributed by atoms with Crippen molar-refractivity contribution in [1.29, 1.82) is 0 Å². The number of fused-ring (bicyclic) bond motifs is 1. The molecule has 3 rings (SSSR count). The first-order valence-corrected chi connectivity index (χ1v) is 7.34. The van der Waals surface area contributed by atoms with E-state index in [1.807, 2.05) is 12.1 Å². The molecule has 1 N–H and O–H groups in total. The number of nitrogens with zero attached hydrogens (tertiary/aromatic N) is 1. The molecule has 0 bridgehead atoms. The molecule has 0 aliphatic carbocycles. The molecule has 0 atom stereocenters. The van der Waals surface area contributed by atoms with Gasteiger partial charge in [-0.2, -0.15) is 0 Å². The van der Waals surface area contributed by atoms with E-state index >= 15 is 0 Å². The number of hydrogen-bond acceptors (Lipinski definition) is 2. The van der Waals surface area contributed by atoms with Gasteiger partial charge in [0.25, 0.3) is 0 Å². The summed E-state index contributed by atoms with van der Waals surface area (Å²) >= 11 is 0. The van der Waals surface area contributed by atoms with Crippen LogP contribution in [0.2, 0.25) is 0 Å². The summed E-state index contributed by atoms with van der Waals surface area (Å²) in [6.45, 7) is 2.79. The maximum atomic E-state index is 11.1. The average Bonchev–Trinajstić information content (AvgIpc) is 2.69. The summed E-state index contributed by atoms with van der Waals surface area (Å²) in [5.74, 6) is -0.863. The Balaban J connectivity index is 1.76. The van der Waals surface area contributed by atoms with Crippen molar-refractivity contribution in [3.05, 3.63) is 70.8 Å². The fraction of sp³-hybridized carbons (Fsp3) is 0.278. The highest BCUT2D eigenvalue weighted by Gasteiger charge is 2.14. The summed E-state index contributed by atoms with van der Waals surface area (Å²) < 4.78 is 0. The minimum Gasteiger partial charge on any atom is -0.478 e. The van der Waals surface area contributed by atoms with E-state index in [1.54, 1.807) is 12.1 Å². The van der Waals surface area contributed by atoms with Gasteiger partial charge >= 0.3 is 5.97 Å². The average molecular weight is 281 g/mol. The first-order valence-electron chi connectivity index (χ1n) is 7.34. The minimum atomic E-state index is -0.863. The van der Waals surface area contributed by atoms with Crippen molar-refractivity contribution in [3.63, 3.8) is 0 Å². The second-order valence-corrected chi connectivity index (χ2v) is 5.59. The molecule has 2 aromatic carbocycles. The Bertz CT molecular complexity index is 651. The smallest absolute Gasteiger partial charge is 0.335 e. The molecule has 1 aliphatic rings. The minimum absolute atomic E-state index is 0.364. The molecule has 108 valence electrons. The molecule has 3 heteroatoms. The summed E-state index contributed by atoms with van der Waals surface area (Å²) in [4.78, 5) is 13.4. The molecular formula is C18H19NO2. The Labute approximate surface area is 124 Å². The summed E-state index contributed by atoms with van der Waals surface area (Å²) in [6, 6.07) is 15.8. The standard InChI is InChI=1S/C18H19NO2/c20-18(21)16-8-3-5-14(11-16)12-19-10-4-9-15-6-1-2-7-17(15)13-19/h1-3,5-8,11H,4,9-10,12-13H2,(H,20,21). The van der Waals surface area contributed by atoms with Gasteiger partial charge in [0.05, 0.1) is 5.56 Å². The van der Waals surface area contributed by atoms with E-state index < -0.39 is 5.97 Å². The van der Waals surface area contributed by atoms with Gasteiger partial charge in [-0.15, -0.1) is 0 Å². The lowest BCUT2D eigenvalue weighted by Gasteiger charge is -2.20. The zero-order valence-electron chi connectivity index (χ0n) is 12.0. The van der Waals surface area contributed by atoms with Crippen LogP contribution in [0.4, 0.5) is 0 Å². The Kier molecular flexibility index (Phi) is 4.02. The molecule has 1 aliphatic heterocycles. The highest BCUT2D eigenvalue weighted by molar-refractivity contribution is 5.87. The van der Waals surface area contributed by atoms with Crippen LogP contribution in [-0.4, -0.2) is 22.5 Å². The number of hydrogen-bond donors (Lipinski definition) is 1. The van der Waals surface area contributed by atoms with Gasteiger partial charge in [0.2, 0.25) is 0 Å². The summed E-state index contributed by atoms with van der Waals surface area (Å²) in [5.41, 5.74) is 4.26.